The molecule has 2 atom stereocenters. The van der Waals surface area contributed by atoms with E-state index in [1.807, 2.05) is 30.3 Å². The highest BCUT2D eigenvalue weighted by molar-refractivity contribution is 5.88. The normalized spacial score (nSPS) is 20.2. The highest BCUT2D eigenvalue weighted by atomic mass is 16.4. The lowest BCUT2D eigenvalue weighted by Crippen LogP contribution is -2.40. The van der Waals surface area contributed by atoms with Gasteiger partial charge in [0, 0.05) is 5.92 Å². The zero-order valence-corrected chi connectivity index (χ0v) is 10.7. The maximum Gasteiger partial charge on any atom is 0.323 e. The Balaban J connectivity index is 2.02. The van der Waals surface area contributed by atoms with Gasteiger partial charge in [-0.3, -0.25) is 14.4 Å². The van der Waals surface area contributed by atoms with Crippen molar-refractivity contribution in [2.75, 3.05) is 13.1 Å². The third-order valence-corrected chi connectivity index (χ3v) is 3.30. The fourth-order valence-corrected chi connectivity index (χ4v) is 2.31. The molecule has 0 bridgehead atoms. The number of carbonyl (C=O) groups is 3. The molecule has 106 valence electrons. The monoisotopic (exact) mass is 277 g/mol. The summed E-state index contributed by atoms with van der Waals surface area (Å²) >= 11 is 0. The third kappa shape index (κ3) is 3.34. The number of carboxylic acid groups (broad SMARTS) is 2. The topological polar surface area (TPSA) is 94.9 Å². The number of carboxylic acids is 2. The minimum absolute atomic E-state index is 0.0637. The van der Waals surface area contributed by atoms with Gasteiger partial charge in [-0.15, -0.1) is 0 Å². The molecule has 1 saturated carbocycles. The van der Waals surface area contributed by atoms with Crippen molar-refractivity contribution in [1.29, 1.82) is 0 Å². The highest BCUT2D eigenvalue weighted by Crippen LogP contribution is 2.48. The lowest BCUT2D eigenvalue weighted by atomic mass is 10.1. The van der Waals surface area contributed by atoms with Crippen LogP contribution in [0.2, 0.25) is 0 Å². The zero-order valence-electron chi connectivity index (χ0n) is 10.7. The van der Waals surface area contributed by atoms with Crippen molar-refractivity contribution in [2.24, 2.45) is 5.92 Å². The second-order valence-electron chi connectivity index (χ2n) is 4.84. The van der Waals surface area contributed by atoms with Crippen LogP contribution in [0.4, 0.5) is 0 Å². The number of aliphatic carboxylic acids is 2. The maximum atomic E-state index is 12.2. The lowest BCUT2D eigenvalue weighted by molar-refractivity contribution is -0.149. The van der Waals surface area contributed by atoms with Crippen molar-refractivity contribution in [3.63, 3.8) is 0 Å². The number of rotatable bonds is 6. The molecule has 1 aliphatic rings. The number of nitrogens with zero attached hydrogens (tertiary/aromatic N) is 1. The number of carbonyl (C=O) groups excluding carboxylic acids is 1. The summed E-state index contributed by atoms with van der Waals surface area (Å²) in [4.78, 5) is 34.5. The van der Waals surface area contributed by atoms with Crippen molar-refractivity contribution in [2.45, 2.75) is 12.3 Å². The van der Waals surface area contributed by atoms with Gasteiger partial charge in [-0.2, -0.15) is 0 Å². The van der Waals surface area contributed by atoms with Crippen molar-refractivity contribution in [3.8, 4) is 0 Å². The van der Waals surface area contributed by atoms with Crippen LogP contribution < -0.4 is 0 Å². The Kier molecular flexibility index (Phi) is 4.02. The number of amides is 1. The van der Waals surface area contributed by atoms with Crippen LogP contribution in [0.15, 0.2) is 30.3 Å². The highest BCUT2D eigenvalue weighted by Gasteiger charge is 2.46. The van der Waals surface area contributed by atoms with E-state index in [0.29, 0.717) is 6.42 Å². The molecule has 6 nitrogen and oxygen atoms in total. The lowest BCUT2D eigenvalue weighted by Gasteiger charge is -2.18. The molecule has 0 saturated heterocycles. The van der Waals surface area contributed by atoms with E-state index in [-0.39, 0.29) is 11.8 Å². The molecule has 0 radical (unpaired) electrons. The summed E-state index contributed by atoms with van der Waals surface area (Å²) in [5.74, 6) is -3.07. The van der Waals surface area contributed by atoms with Crippen LogP contribution in [0.3, 0.4) is 0 Å². The van der Waals surface area contributed by atoms with Gasteiger partial charge in [-0.1, -0.05) is 30.3 Å². The molecule has 1 amide bonds. The quantitative estimate of drug-likeness (QED) is 0.801. The maximum absolute atomic E-state index is 12.2. The number of benzene rings is 1. The van der Waals surface area contributed by atoms with E-state index in [4.69, 9.17) is 10.2 Å². The van der Waals surface area contributed by atoms with Crippen molar-refractivity contribution < 1.29 is 24.6 Å². The van der Waals surface area contributed by atoms with Crippen LogP contribution in [-0.2, 0) is 14.4 Å². The minimum atomic E-state index is -1.21. The summed E-state index contributed by atoms with van der Waals surface area (Å²) in [6.45, 7) is -1.16. The molecule has 0 spiro atoms. The fourth-order valence-electron chi connectivity index (χ4n) is 2.31. The Morgan fingerprint density at radius 3 is 2.10 bits per heavy atom. The Morgan fingerprint density at radius 1 is 1.05 bits per heavy atom. The van der Waals surface area contributed by atoms with Gasteiger partial charge in [0.2, 0.25) is 5.91 Å². The minimum Gasteiger partial charge on any atom is -0.480 e. The van der Waals surface area contributed by atoms with Crippen molar-refractivity contribution in [1.82, 2.24) is 4.90 Å². The van der Waals surface area contributed by atoms with Crippen molar-refractivity contribution >= 4 is 17.8 Å². The molecule has 1 aromatic rings. The molecule has 6 heteroatoms. The summed E-state index contributed by atoms with van der Waals surface area (Å²) in [7, 11) is 0. The molecule has 0 aromatic heterocycles. The standard InChI is InChI=1S/C14H15NO5/c16-12(17)7-15(8-13(18)19)14(20)11-6-10(11)9-4-2-1-3-5-9/h1-5,10-11H,6-8H2,(H,16,17)(H,18,19). The van der Waals surface area contributed by atoms with E-state index in [9.17, 15) is 14.4 Å². The average Bonchev–Trinajstić information content (AvgIpc) is 3.17. The SMILES string of the molecule is O=C(O)CN(CC(=O)O)C(=O)C1CC1c1ccccc1. The van der Waals surface area contributed by atoms with E-state index < -0.39 is 30.9 Å². The first-order valence-electron chi connectivity index (χ1n) is 6.26. The third-order valence-electron chi connectivity index (χ3n) is 3.30. The first kappa shape index (κ1) is 14.0. The summed E-state index contributed by atoms with van der Waals surface area (Å²) in [5.41, 5.74) is 1.02. The molecule has 20 heavy (non-hydrogen) atoms. The van der Waals surface area contributed by atoms with Gasteiger partial charge >= 0.3 is 11.9 Å². The van der Waals surface area contributed by atoms with Crippen LogP contribution in [0, 0.1) is 5.92 Å². The molecular formula is C14H15NO5. The van der Waals surface area contributed by atoms with Crippen LogP contribution >= 0.6 is 0 Å². The predicted octanol–water partition coefficient (Wildman–Crippen LogP) is 0.788. The van der Waals surface area contributed by atoms with Gasteiger partial charge in [0.25, 0.3) is 0 Å². The molecule has 0 aliphatic heterocycles. The summed E-state index contributed by atoms with van der Waals surface area (Å²) < 4.78 is 0. The van der Waals surface area contributed by atoms with E-state index >= 15 is 0 Å². The number of hydrogen-bond donors (Lipinski definition) is 2. The molecule has 2 N–H and O–H groups in total. The molecule has 0 heterocycles. The van der Waals surface area contributed by atoms with Crippen LogP contribution in [0.1, 0.15) is 17.9 Å². The van der Waals surface area contributed by atoms with E-state index in [2.05, 4.69) is 0 Å². The number of hydrogen-bond acceptors (Lipinski definition) is 3. The Labute approximate surface area is 115 Å². The van der Waals surface area contributed by atoms with E-state index in [1.54, 1.807) is 0 Å². The molecule has 2 unspecified atom stereocenters. The Bertz CT molecular complexity index is 512. The van der Waals surface area contributed by atoms with Crippen LogP contribution in [0.5, 0.6) is 0 Å². The molecule has 2 rings (SSSR count). The first-order chi connectivity index (χ1) is 9.49. The van der Waals surface area contributed by atoms with E-state index in [0.717, 1.165) is 10.5 Å². The molecule has 1 fully saturated rings. The molecule has 1 aliphatic carbocycles. The van der Waals surface area contributed by atoms with Crippen LogP contribution in [0.25, 0.3) is 0 Å². The van der Waals surface area contributed by atoms with Gasteiger partial charge in [-0.25, -0.2) is 0 Å². The van der Waals surface area contributed by atoms with Gasteiger partial charge in [0.15, 0.2) is 0 Å². The zero-order chi connectivity index (χ0) is 14.7. The first-order valence-corrected chi connectivity index (χ1v) is 6.26. The summed E-state index contributed by atoms with van der Waals surface area (Å²) in [6.07, 6.45) is 0.637. The Hall–Kier alpha value is -2.37. The van der Waals surface area contributed by atoms with Gasteiger partial charge in [-0.05, 0) is 17.9 Å². The smallest absolute Gasteiger partial charge is 0.323 e. The van der Waals surface area contributed by atoms with Gasteiger partial charge in [0.1, 0.15) is 13.1 Å². The second-order valence-corrected chi connectivity index (χ2v) is 4.84. The van der Waals surface area contributed by atoms with E-state index in [1.165, 1.54) is 0 Å². The van der Waals surface area contributed by atoms with Crippen LogP contribution in [-0.4, -0.2) is 46.0 Å². The molecule has 1 aromatic carbocycles. The average molecular weight is 277 g/mol. The summed E-state index contributed by atoms with van der Waals surface area (Å²) in [5, 5.41) is 17.5. The van der Waals surface area contributed by atoms with Crippen molar-refractivity contribution in [3.05, 3.63) is 35.9 Å². The van der Waals surface area contributed by atoms with Gasteiger partial charge < -0.3 is 15.1 Å². The summed E-state index contributed by atoms with van der Waals surface area (Å²) in [6, 6.07) is 9.46. The Morgan fingerprint density at radius 2 is 1.60 bits per heavy atom. The molecular weight excluding hydrogens is 262 g/mol. The van der Waals surface area contributed by atoms with Gasteiger partial charge in [0.05, 0.1) is 0 Å². The predicted molar refractivity (Wildman–Crippen MR) is 69.1 cm³/mol. The largest absolute Gasteiger partial charge is 0.480 e. The fraction of sp³-hybridized carbons (Fsp3) is 0.357. The second kappa shape index (κ2) is 5.73.